The Morgan fingerprint density at radius 1 is 1.13 bits per heavy atom. The maximum Gasteiger partial charge on any atom is 0.256 e. The fraction of sp³-hybridized carbons (Fsp3) is 0.304. The molecule has 1 aliphatic carbocycles. The zero-order valence-electron chi connectivity index (χ0n) is 16.9. The third-order valence-electron chi connectivity index (χ3n) is 5.78. The lowest BCUT2D eigenvalue weighted by Gasteiger charge is -2.31. The fourth-order valence-electron chi connectivity index (χ4n) is 4.35. The lowest BCUT2D eigenvalue weighted by molar-refractivity contribution is 0.0994. The molecule has 0 bridgehead atoms. The zero-order valence-corrected chi connectivity index (χ0v) is 16.9. The normalized spacial score (nSPS) is 15.2. The molecule has 0 spiro atoms. The Balaban J connectivity index is 1.92. The number of rotatable bonds is 5. The quantitative estimate of drug-likeness (QED) is 0.653. The van der Waals surface area contributed by atoms with Crippen molar-refractivity contribution < 1.29 is 9.90 Å². The van der Waals surface area contributed by atoms with Crippen LogP contribution in [0.3, 0.4) is 0 Å². The van der Waals surface area contributed by atoms with Gasteiger partial charge in [-0.15, -0.1) is 5.10 Å². The van der Waals surface area contributed by atoms with E-state index in [0.717, 1.165) is 31.2 Å². The number of aromatic hydroxyl groups is 1. The highest BCUT2D eigenvalue weighted by atomic mass is 16.3. The molecular formula is C23H22N6O2. The molecule has 1 amide bonds. The van der Waals surface area contributed by atoms with Crippen LogP contribution in [0.1, 0.15) is 65.2 Å². The van der Waals surface area contributed by atoms with Crippen molar-refractivity contribution in [1.29, 1.82) is 5.26 Å². The van der Waals surface area contributed by atoms with Gasteiger partial charge in [-0.2, -0.15) is 15.3 Å². The molecule has 0 saturated heterocycles. The molecule has 1 aliphatic rings. The van der Waals surface area contributed by atoms with E-state index in [-0.39, 0.29) is 23.2 Å². The lowest BCUT2D eigenvalue weighted by atomic mass is 9.74. The Bertz CT molecular complexity index is 1120. The number of nitriles is 1. The number of carbonyl (C=O) groups excluding carboxylic acids is 1. The van der Waals surface area contributed by atoms with Gasteiger partial charge in [0, 0.05) is 12.1 Å². The van der Waals surface area contributed by atoms with Crippen LogP contribution < -0.4 is 5.73 Å². The molecule has 2 heterocycles. The second-order valence-electron chi connectivity index (χ2n) is 7.71. The second kappa shape index (κ2) is 8.88. The molecule has 0 aliphatic heterocycles. The van der Waals surface area contributed by atoms with Crippen molar-refractivity contribution in [1.82, 2.24) is 20.2 Å². The second-order valence-corrected chi connectivity index (χ2v) is 7.71. The molecule has 156 valence electrons. The average molecular weight is 414 g/mol. The monoisotopic (exact) mass is 414 g/mol. The summed E-state index contributed by atoms with van der Waals surface area (Å²) in [5, 5.41) is 27.7. The molecule has 2 aromatic heterocycles. The van der Waals surface area contributed by atoms with Gasteiger partial charge in [0.2, 0.25) is 5.88 Å². The van der Waals surface area contributed by atoms with Crippen molar-refractivity contribution in [2.75, 3.05) is 0 Å². The van der Waals surface area contributed by atoms with Crippen molar-refractivity contribution in [2.45, 2.75) is 38.0 Å². The first-order valence-corrected chi connectivity index (χ1v) is 10.3. The highest BCUT2D eigenvalue weighted by molar-refractivity contribution is 5.96. The van der Waals surface area contributed by atoms with Crippen LogP contribution in [-0.2, 0) is 0 Å². The predicted octanol–water partition coefficient (Wildman–Crippen LogP) is 3.32. The van der Waals surface area contributed by atoms with Gasteiger partial charge < -0.3 is 10.8 Å². The van der Waals surface area contributed by atoms with Gasteiger partial charge in [0.1, 0.15) is 11.3 Å². The van der Waals surface area contributed by atoms with Gasteiger partial charge in [-0.3, -0.25) is 4.79 Å². The number of carbonyl (C=O) groups is 1. The van der Waals surface area contributed by atoms with E-state index in [9.17, 15) is 15.2 Å². The Morgan fingerprint density at radius 3 is 2.48 bits per heavy atom. The van der Waals surface area contributed by atoms with Gasteiger partial charge >= 0.3 is 0 Å². The topological polar surface area (TPSA) is 139 Å². The number of primary amides is 1. The summed E-state index contributed by atoms with van der Waals surface area (Å²) in [5.41, 5.74) is 7.80. The van der Waals surface area contributed by atoms with Crippen molar-refractivity contribution in [3.8, 4) is 23.5 Å². The van der Waals surface area contributed by atoms with Crippen LogP contribution in [0, 0.1) is 17.2 Å². The Labute approximate surface area is 179 Å². The third-order valence-corrected chi connectivity index (χ3v) is 5.78. The number of hydrogen-bond donors (Lipinski definition) is 2. The van der Waals surface area contributed by atoms with Gasteiger partial charge in [-0.05, 0) is 48.6 Å². The number of hydrogen-bond acceptors (Lipinski definition) is 7. The molecule has 1 fully saturated rings. The summed E-state index contributed by atoms with van der Waals surface area (Å²) >= 11 is 0. The van der Waals surface area contributed by atoms with Crippen LogP contribution in [0.4, 0.5) is 0 Å². The summed E-state index contributed by atoms with van der Waals surface area (Å²) in [6.45, 7) is 0. The van der Waals surface area contributed by atoms with Gasteiger partial charge in [0.05, 0.1) is 17.3 Å². The standard InChI is InChI=1S/C23H22N6O2/c24-13-14-8-10-16(11-9-14)18(15-5-2-1-3-6-15)20-19(21(25)30)23(31)28-22(27-20)17-7-4-12-26-29-17/h4,7-12,15,18H,1-3,5-6H2,(H2,25,30)(H,27,28,31). The summed E-state index contributed by atoms with van der Waals surface area (Å²) in [6.07, 6.45) is 6.79. The number of aromatic nitrogens is 4. The molecule has 1 saturated carbocycles. The number of nitrogens with two attached hydrogens (primary N) is 1. The lowest BCUT2D eigenvalue weighted by Crippen LogP contribution is -2.24. The van der Waals surface area contributed by atoms with Gasteiger partial charge in [0.15, 0.2) is 5.82 Å². The highest BCUT2D eigenvalue weighted by Crippen LogP contribution is 2.42. The van der Waals surface area contributed by atoms with E-state index in [2.05, 4.69) is 26.2 Å². The zero-order chi connectivity index (χ0) is 21.8. The maximum absolute atomic E-state index is 12.3. The van der Waals surface area contributed by atoms with Crippen LogP contribution in [-0.4, -0.2) is 31.2 Å². The highest BCUT2D eigenvalue weighted by Gasteiger charge is 2.33. The summed E-state index contributed by atoms with van der Waals surface area (Å²) in [4.78, 5) is 21.1. The third kappa shape index (κ3) is 4.21. The molecule has 8 heteroatoms. The Hall–Kier alpha value is -3.86. The van der Waals surface area contributed by atoms with Crippen molar-refractivity contribution in [3.63, 3.8) is 0 Å². The minimum absolute atomic E-state index is 0.0763. The van der Waals surface area contributed by atoms with E-state index in [0.29, 0.717) is 17.0 Å². The van der Waals surface area contributed by atoms with Crippen molar-refractivity contribution >= 4 is 5.91 Å². The van der Waals surface area contributed by atoms with Crippen LogP contribution in [0.15, 0.2) is 42.6 Å². The van der Waals surface area contributed by atoms with Crippen LogP contribution in [0.5, 0.6) is 5.88 Å². The molecule has 1 aromatic carbocycles. The summed E-state index contributed by atoms with van der Waals surface area (Å²) < 4.78 is 0. The van der Waals surface area contributed by atoms with E-state index in [1.807, 2.05) is 12.1 Å². The molecular weight excluding hydrogens is 392 g/mol. The van der Waals surface area contributed by atoms with E-state index in [1.165, 1.54) is 12.6 Å². The van der Waals surface area contributed by atoms with Crippen molar-refractivity contribution in [3.05, 3.63) is 65.0 Å². The Kier molecular flexibility index (Phi) is 5.85. The number of amides is 1. The minimum Gasteiger partial charge on any atom is -0.493 e. The first kappa shape index (κ1) is 20.4. The van der Waals surface area contributed by atoms with E-state index in [1.54, 1.807) is 24.3 Å². The molecule has 4 rings (SSSR count). The molecule has 8 nitrogen and oxygen atoms in total. The Morgan fingerprint density at radius 2 is 1.87 bits per heavy atom. The van der Waals surface area contributed by atoms with E-state index >= 15 is 0 Å². The van der Waals surface area contributed by atoms with Crippen LogP contribution >= 0.6 is 0 Å². The van der Waals surface area contributed by atoms with E-state index in [4.69, 9.17) is 5.73 Å². The fourth-order valence-corrected chi connectivity index (χ4v) is 4.35. The van der Waals surface area contributed by atoms with Gasteiger partial charge in [-0.1, -0.05) is 31.4 Å². The maximum atomic E-state index is 12.3. The molecule has 3 N–H and O–H groups in total. The van der Waals surface area contributed by atoms with Crippen LogP contribution in [0.25, 0.3) is 11.5 Å². The number of benzene rings is 1. The van der Waals surface area contributed by atoms with Crippen LogP contribution in [0.2, 0.25) is 0 Å². The smallest absolute Gasteiger partial charge is 0.256 e. The van der Waals surface area contributed by atoms with E-state index < -0.39 is 11.8 Å². The van der Waals surface area contributed by atoms with Crippen molar-refractivity contribution in [2.24, 2.45) is 11.7 Å². The summed E-state index contributed by atoms with van der Waals surface area (Å²) in [6, 6.07) is 12.8. The first-order chi connectivity index (χ1) is 15.1. The van der Waals surface area contributed by atoms with Gasteiger partial charge in [-0.25, -0.2) is 4.98 Å². The molecule has 1 unspecified atom stereocenters. The minimum atomic E-state index is -0.785. The summed E-state index contributed by atoms with van der Waals surface area (Å²) in [7, 11) is 0. The largest absolute Gasteiger partial charge is 0.493 e. The molecule has 31 heavy (non-hydrogen) atoms. The molecule has 1 atom stereocenters. The SMILES string of the molecule is N#Cc1ccc(C(c2nc(-c3cccnn3)nc(O)c2C(N)=O)C2CCCCC2)cc1. The summed E-state index contributed by atoms with van der Waals surface area (Å²) in [5.74, 6) is -1.14. The predicted molar refractivity (Wildman–Crippen MR) is 113 cm³/mol. The van der Waals surface area contributed by atoms with Gasteiger partial charge in [0.25, 0.3) is 5.91 Å². The molecule has 0 radical (unpaired) electrons. The molecule has 3 aromatic rings. The first-order valence-electron chi connectivity index (χ1n) is 10.3. The average Bonchev–Trinajstić information content (AvgIpc) is 2.80. The number of nitrogens with zero attached hydrogens (tertiary/aromatic N) is 5.